The molecule has 0 aromatic heterocycles. The second kappa shape index (κ2) is 7.20. The molecule has 2 nitrogen and oxygen atoms in total. The summed E-state index contributed by atoms with van der Waals surface area (Å²) in [6.07, 6.45) is 2.56. The van der Waals surface area contributed by atoms with E-state index in [1.165, 1.54) is 0 Å². The van der Waals surface area contributed by atoms with E-state index >= 15 is 0 Å². The molecule has 0 fully saturated rings. The van der Waals surface area contributed by atoms with Crippen LogP contribution in [0.15, 0.2) is 18.2 Å². The molecule has 100 valence electrons. The largest absolute Gasteiger partial charge is 0.493 e. The van der Waals surface area contributed by atoms with Gasteiger partial charge in [-0.1, -0.05) is 20.8 Å². The zero-order chi connectivity index (χ0) is 13.5. The van der Waals surface area contributed by atoms with Gasteiger partial charge >= 0.3 is 0 Å². The maximum absolute atomic E-state index is 11.8. The smallest absolute Gasteiger partial charge is 0.162 e. The molecule has 1 rings (SSSR count). The fourth-order valence-electron chi connectivity index (χ4n) is 1.76. The van der Waals surface area contributed by atoms with Crippen molar-refractivity contribution in [2.75, 3.05) is 6.61 Å². The number of carbonyl (C=O) groups is 1. The summed E-state index contributed by atoms with van der Waals surface area (Å²) >= 11 is 0. The molecule has 0 saturated carbocycles. The summed E-state index contributed by atoms with van der Waals surface area (Å²) in [7, 11) is 0. The monoisotopic (exact) mass is 248 g/mol. The van der Waals surface area contributed by atoms with E-state index in [2.05, 4.69) is 13.8 Å². The van der Waals surface area contributed by atoms with Crippen molar-refractivity contribution in [3.8, 4) is 5.75 Å². The number of benzene rings is 1. The third kappa shape index (κ3) is 4.52. The van der Waals surface area contributed by atoms with Crippen molar-refractivity contribution in [2.45, 2.75) is 47.0 Å². The van der Waals surface area contributed by atoms with Crippen LogP contribution >= 0.6 is 0 Å². The lowest BCUT2D eigenvalue weighted by atomic mass is 10.0. The first-order valence-electron chi connectivity index (χ1n) is 6.81. The van der Waals surface area contributed by atoms with Crippen LogP contribution in [0.25, 0.3) is 0 Å². The molecule has 18 heavy (non-hydrogen) atoms. The molecule has 0 N–H and O–H groups in total. The van der Waals surface area contributed by atoms with Gasteiger partial charge in [-0.25, -0.2) is 0 Å². The molecule has 0 heterocycles. The maximum atomic E-state index is 11.8. The second-order valence-electron chi connectivity index (χ2n) is 5.18. The lowest BCUT2D eigenvalue weighted by molar-refractivity contribution is 0.0981. The Morgan fingerprint density at radius 2 is 2.06 bits per heavy atom. The first-order valence-corrected chi connectivity index (χ1v) is 6.81. The normalized spacial score (nSPS) is 10.7. The Morgan fingerprint density at radius 3 is 2.61 bits per heavy atom. The molecule has 0 spiro atoms. The number of carbonyl (C=O) groups excluding carboxylic acids is 1. The molecular weight excluding hydrogens is 224 g/mol. The zero-order valence-corrected chi connectivity index (χ0v) is 12.0. The van der Waals surface area contributed by atoms with Gasteiger partial charge in [-0.3, -0.25) is 4.79 Å². The van der Waals surface area contributed by atoms with E-state index in [4.69, 9.17) is 4.74 Å². The van der Waals surface area contributed by atoms with Crippen LogP contribution in [-0.4, -0.2) is 12.4 Å². The van der Waals surface area contributed by atoms with E-state index in [1.807, 2.05) is 32.0 Å². The van der Waals surface area contributed by atoms with Crippen LogP contribution in [0, 0.1) is 12.8 Å². The number of hydrogen-bond acceptors (Lipinski definition) is 2. The summed E-state index contributed by atoms with van der Waals surface area (Å²) in [4.78, 5) is 11.8. The van der Waals surface area contributed by atoms with Crippen molar-refractivity contribution < 1.29 is 9.53 Å². The van der Waals surface area contributed by atoms with Gasteiger partial charge in [0, 0.05) is 12.0 Å². The molecule has 0 saturated heterocycles. The van der Waals surface area contributed by atoms with E-state index in [0.717, 1.165) is 36.3 Å². The highest BCUT2D eigenvalue weighted by Crippen LogP contribution is 2.20. The average Bonchev–Trinajstić information content (AvgIpc) is 2.31. The van der Waals surface area contributed by atoms with Crippen LogP contribution in [0.5, 0.6) is 5.75 Å². The summed E-state index contributed by atoms with van der Waals surface area (Å²) in [5.74, 6) is 1.76. The third-order valence-corrected chi connectivity index (χ3v) is 2.93. The van der Waals surface area contributed by atoms with Crippen molar-refractivity contribution in [1.29, 1.82) is 0 Å². The molecule has 0 atom stereocenters. The summed E-state index contributed by atoms with van der Waals surface area (Å²) < 4.78 is 5.73. The highest BCUT2D eigenvalue weighted by atomic mass is 16.5. The number of aryl methyl sites for hydroxylation is 1. The minimum Gasteiger partial charge on any atom is -0.493 e. The molecule has 0 bridgehead atoms. The second-order valence-corrected chi connectivity index (χ2v) is 5.18. The highest BCUT2D eigenvalue weighted by Gasteiger charge is 2.07. The highest BCUT2D eigenvalue weighted by molar-refractivity contribution is 5.96. The van der Waals surface area contributed by atoms with Crippen molar-refractivity contribution in [3.05, 3.63) is 29.3 Å². The molecule has 1 aromatic rings. The molecule has 0 unspecified atom stereocenters. The Bertz CT molecular complexity index is 394. The molecule has 2 heteroatoms. The molecule has 0 aliphatic rings. The van der Waals surface area contributed by atoms with Gasteiger partial charge in [-0.15, -0.1) is 0 Å². The number of Topliss-reactive ketones (excluding diaryl/α,β-unsaturated/α-hetero) is 1. The Kier molecular flexibility index (Phi) is 5.90. The summed E-state index contributed by atoms with van der Waals surface area (Å²) in [6, 6.07) is 5.72. The lowest BCUT2D eigenvalue weighted by Crippen LogP contribution is -2.04. The molecule has 1 aromatic carbocycles. The topological polar surface area (TPSA) is 26.3 Å². The van der Waals surface area contributed by atoms with Gasteiger partial charge in [-0.05, 0) is 49.4 Å². The minimum atomic E-state index is 0.217. The first kappa shape index (κ1) is 14.7. The van der Waals surface area contributed by atoms with Crippen LogP contribution in [0.2, 0.25) is 0 Å². The van der Waals surface area contributed by atoms with Gasteiger partial charge in [0.05, 0.1) is 6.61 Å². The SMILES string of the molecule is CCCC(=O)c1ccc(OCCC(C)C)c(C)c1. The molecular formula is C16H24O2. The fraction of sp³-hybridized carbons (Fsp3) is 0.562. The molecule has 0 amide bonds. The standard InChI is InChI=1S/C16H24O2/c1-5-6-15(17)14-7-8-16(13(4)11-14)18-10-9-12(2)3/h7-8,11-12H,5-6,9-10H2,1-4H3. The third-order valence-electron chi connectivity index (χ3n) is 2.93. The quantitative estimate of drug-likeness (QED) is 0.668. The lowest BCUT2D eigenvalue weighted by Gasteiger charge is -2.11. The maximum Gasteiger partial charge on any atom is 0.162 e. The van der Waals surface area contributed by atoms with Gasteiger partial charge in [-0.2, -0.15) is 0 Å². The summed E-state index contributed by atoms with van der Waals surface area (Å²) in [5.41, 5.74) is 1.84. The predicted octanol–water partition coefficient (Wildman–Crippen LogP) is 4.40. The average molecular weight is 248 g/mol. The number of ketones is 1. The van der Waals surface area contributed by atoms with Gasteiger partial charge in [0.1, 0.15) is 5.75 Å². The van der Waals surface area contributed by atoms with Crippen molar-refractivity contribution >= 4 is 5.78 Å². The van der Waals surface area contributed by atoms with Crippen LogP contribution in [0.1, 0.15) is 56.0 Å². The van der Waals surface area contributed by atoms with Crippen molar-refractivity contribution in [1.82, 2.24) is 0 Å². The van der Waals surface area contributed by atoms with Crippen molar-refractivity contribution in [2.24, 2.45) is 5.92 Å². The first-order chi connectivity index (χ1) is 8.54. The van der Waals surface area contributed by atoms with E-state index in [9.17, 15) is 4.79 Å². The zero-order valence-electron chi connectivity index (χ0n) is 12.0. The van der Waals surface area contributed by atoms with E-state index in [0.29, 0.717) is 12.3 Å². The Balaban J connectivity index is 2.65. The number of rotatable bonds is 7. The summed E-state index contributed by atoms with van der Waals surface area (Å²) in [6.45, 7) is 9.12. The van der Waals surface area contributed by atoms with Crippen LogP contribution in [0.3, 0.4) is 0 Å². The van der Waals surface area contributed by atoms with Crippen LogP contribution < -0.4 is 4.74 Å². The predicted molar refractivity (Wildman–Crippen MR) is 75.4 cm³/mol. The Labute approximate surface area is 110 Å². The van der Waals surface area contributed by atoms with E-state index in [1.54, 1.807) is 0 Å². The number of ether oxygens (including phenoxy) is 1. The molecule has 0 aliphatic heterocycles. The van der Waals surface area contributed by atoms with Gasteiger partial charge in [0.2, 0.25) is 0 Å². The van der Waals surface area contributed by atoms with Gasteiger partial charge in [0.15, 0.2) is 5.78 Å². The van der Waals surface area contributed by atoms with E-state index < -0.39 is 0 Å². The molecule has 0 radical (unpaired) electrons. The minimum absolute atomic E-state index is 0.217. The Morgan fingerprint density at radius 1 is 1.33 bits per heavy atom. The van der Waals surface area contributed by atoms with Gasteiger partial charge in [0.25, 0.3) is 0 Å². The fourth-order valence-corrected chi connectivity index (χ4v) is 1.76. The van der Waals surface area contributed by atoms with Gasteiger partial charge < -0.3 is 4.74 Å². The number of hydrogen-bond donors (Lipinski definition) is 0. The molecule has 0 aliphatic carbocycles. The summed E-state index contributed by atoms with van der Waals surface area (Å²) in [5, 5.41) is 0. The van der Waals surface area contributed by atoms with E-state index in [-0.39, 0.29) is 5.78 Å². The van der Waals surface area contributed by atoms with Crippen LogP contribution in [-0.2, 0) is 0 Å². The van der Waals surface area contributed by atoms with Crippen molar-refractivity contribution in [3.63, 3.8) is 0 Å². The van der Waals surface area contributed by atoms with Crippen LogP contribution in [0.4, 0.5) is 0 Å². The Hall–Kier alpha value is -1.31.